The average molecular weight is 588 g/mol. The molecular weight excluding hydrogens is 550 g/mol. The van der Waals surface area contributed by atoms with Gasteiger partial charge >= 0.3 is 5.97 Å². The molecular formula is C26H37N9O5S. The number of rotatable bonds is 9. The molecule has 0 spiro atoms. The molecule has 0 aromatic carbocycles. The van der Waals surface area contributed by atoms with Gasteiger partial charge in [0, 0.05) is 53.7 Å². The number of nitrogens with zero attached hydrogens (tertiary/aromatic N) is 6. The predicted molar refractivity (Wildman–Crippen MR) is 147 cm³/mol. The summed E-state index contributed by atoms with van der Waals surface area (Å²) in [4.78, 5) is 55.5. The topological polar surface area (TPSA) is 203 Å². The van der Waals surface area contributed by atoms with Crippen LogP contribution in [-0.2, 0) is 25.7 Å². The van der Waals surface area contributed by atoms with E-state index in [1.165, 1.54) is 27.7 Å². The zero-order valence-electron chi connectivity index (χ0n) is 23.2. The van der Waals surface area contributed by atoms with Crippen molar-refractivity contribution in [3.63, 3.8) is 0 Å². The molecule has 3 unspecified atom stereocenters. The highest BCUT2D eigenvalue weighted by molar-refractivity contribution is 8.03. The summed E-state index contributed by atoms with van der Waals surface area (Å²) in [5.74, 6) is -2.13. The van der Waals surface area contributed by atoms with Crippen LogP contribution in [0, 0.1) is 23.7 Å². The van der Waals surface area contributed by atoms with E-state index in [4.69, 9.17) is 11.5 Å². The number of thioether (sulfide) groups is 1. The van der Waals surface area contributed by atoms with Gasteiger partial charge in [-0.2, -0.15) is 0 Å². The molecule has 1 aromatic heterocycles. The number of tetrazole rings is 1. The number of hydrogen-bond donors (Lipinski definition) is 4. The van der Waals surface area contributed by atoms with Gasteiger partial charge in [-0.05, 0) is 41.5 Å². The smallest absolute Gasteiger partial charge is 0.353 e. The molecule has 4 fully saturated rings. The number of carboxylic acids is 1. The van der Waals surface area contributed by atoms with Crippen LogP contribution in [0.3, 0.4) is 0 Å². The van der Waals surface area contributed by atoms with Crippen molar-refractivity contribution in [2.75, 3.05) is 19.6 Å². The van der Waals surface area contributed by atoms with Gasteiger partial charge < -0.3 is 31.7 Å². The standard InChI is InChI=1S/C26H37N9O5S/c1-12(3-16(36)9-34-11-30-31-32-34)19-20-13(2)22(21(25(39)40)35(20)24(19)38)41-17-5-18(29-7-17)23(37)33-8-14-4-15(27)6-26(14,28)10-33/h11-15,17-20,29H,3-10,27-28H2,1-2H3,(H,39,40)/t12-,13+,14?,15-,17-,18?,19+,20+,26?/m0/s1. The zero-order chi connectivity index (χ0) is 29.2. The van der Waals surface area contributed by atoms with Crippen LogP contribution in [0.25, 0.3) is 0 Å². The lowest BCUT2D eigenvalue weighted by atomic mass is 9.73. The molecule has 2 amide bonds. The summed E-state index contributed by atoms with van der Waals surface area (Å²) < 4.78 is 1.34. The normalized spacial score (nSPS) is 36.9. The summed E-state index contributed by atoms with van der Waals surface area (Å²) >= 11 is 1.46. The molecule has 1 saturated carbocycles. The van der Waals surface area contributed by atoms with Crippen molar-refractivity contribution in [2.45, 2.75) is 75.0 Å². The molecule has 6 rings (SSSR count). The summed E-state index contributed by atoms with van der Waals surface area (Å²) in [5, 5.41) is 24.2. The Labute approximate surface area is 241 Å². The van der Waals surface area contributed by atoms with Crippen molar-refractivity contribution in [1.29, 1.82) is 0 Å². The van der Waals surface area contributed by atoms with Crippen LogP contribution in [0.5, 0.6) is 0 Å². The van der Waals surface area contributed by atoms with Crippen LogP contribution in [0.15, 0.2) is 16.9 Å². The summed E-state index contributed by atoms with van der Waals surface area (Å²) in [6.45, 7) is 5.53. The highest BCUT2D eigenvalue weighted by atomic mass is 32.2. The third-order valence-corrected chi connectivity index (χ3v) is 11.2. The first-order valence-corrected chi connectivity index (χ1v) is 15.1. The number of carbonyl (C=O) groups is 4. The second-order valence-corrected chi connectivity index (χ2v) is 13.9. The number of fused-ring (bicyclic) bond motifs is 2. The van der Waals surface area contributed by atoms with Gasteiger partial charge in [0.1, 0.15) is 18.6 Å². The van der Waals surface area contributed by atoms with E-state index in [9.17, 15) is 24.3 Å². The third kappa shape index (κ3) is 4.85. The lowest BCUT2D eigenvalue weighted by molar-refractivity contribution is -0.160. The molecule has 222 valence electrons. The van der Waals surface area contributed by atoms with E-state index in [1.807, 2.05) is 18.7 Å². The third-order valence-electron chi connectivity index (χ3n) is 9.65. The molecule has 0 bridgehead atoms. The summed E-state index contributed by atoms with van der Waals surface area (Å²) in [6, 6.07) is -0.572. The quantitative estimate of drug-likeness (QED) is 0.251. The Bertz CT molecular complexity index is 1290. The fourth-order valence-corrected chi connectivity index (χ4v) is 9.25. The Morgan fingerprint density at radius 2 is 2.10 bits per heavy atom. The minimum absolute atomic E-state index is 0.0133. The van der Waals surface area contributed by atoms with Crippen LogP contribution in [0.1, 0.15) is 39.5 Å². The van der Waals surface area contributed by atoms with Crippen molar-refractivity contribution in [1.82, 2.24) is 35.3 Å². The van der Waals surface area contributed by atoms with Crippen LogP contribution in [0.2, 0.25) is 0 Å². The van der Waals surface area contributed by atoms with Gasteiger partial charge in [-0.15, -0.1) is 16.9 Å². The van der Waals surface area contributed by atoms with Crippen molar-refractivity contribution in [3.05, 3.63) is 16.9 Å². The number of ketones is 1. The van der Waals surface area contributed by atoms with Gasteiger partial charge in [0.2, 0.25) is 11.8 Å². The molecule has 9 atom stereocenters. The molecule has 1 aromatic rings. The van der Waals surface area contributed by atoms with Crippen LogP contribution in [0.4, 0.5) is 0 Å². The summed E-state index contributed by atoms with van der Waals surface area (Å²) in [6.07, 6.45) is 3.66. The molecule has 14 nitrogen and oxygen atoms in total. The van der Waals surface area contributed by atoms with E-state index in [1.54, 1.807) is 0 Å². The lowest BCUT2D eigenvalue weighted by Gasteiger charge is -2.47. The molecule has 1 aliphatic carbocycles. The van der Waals surface area contributed by atoms with Crippen molar-refractivity contribution >= 4 is 35.3 Å². The number of β-lactam (4-membered cyclic amide) rings is 1. The minimum Gasteiger partial charge on any atom is -0.477 e. The molecule has 3 saturated heterocycles. The Morgan fingerprint density at radius 1 is 1.32 bits per heavy atom. The van der Waals surface area contributed by atoms with E-state index in [-0.39, 0.29) is 77.4 Å². The number of carbonyl (C=O) groups excluding carboxylic acids is 3. The van der Waals surface area contributed by atoms with Crippen LogP contribution in [-0.4, -0.2) is 107 Å². The monoisotopic (exact) mass is 587 g/mol. The maximum atomic E-state index is 13.4. The Morgan fingerprint density at radius 3 is 2.78 bits per heavy atom. The number of Topliss-reactive ketones (excluding diaryl/α,β-unsaturated/α-hetero) is 1. The van der Waals surface area contributed by atoms with E-state index in [0.29, 0.717) is 31.0 Å². The van der Waals surface area contributed by atoms with Gasteiger partial charge in [-0.3, -0.25) is 14.4 Å². The largest absolute Gasteiger partial charge is 0.477 e. The van der Waals surface area contributed by atoms with Crippen molar-refractivity contribution < 1.29 is 24.3 Å². The molecule has 5 aliphatic rings. The number of aromatic nitrogens is 4. The molecule has 5 heterocycles. The Kier molecular flexibility index (Phi) is 7.19. The van der Waals surface area contributed by atoms with Gasteiger partial charge in [0.15, 0.2) is 5.78 Å². The first-order valence-electron chi connectivity index (χ1n) is 14.2. The summed E-state index contributed by atoms with van der Waals surface area (Å²) in [5.41, 5.74) is 12.3. The van der Waals surface area contributed by atoms with E-state index in [0.717, 1.165) is 12.8 Å². The predicted octanol–water partition coefficient (Wildman–Crippen LogP) is -1.22. The summed E-state index contributed by atoms with van der Waals surface area (Å²) in [7, 11) is 0. The first-order chi connectivity index (χ1) is 19.5. The van der Waals surface area contributed by atoms with Gasteiger partial charge in [-0.25, -0.2) is 9.48 Å². The SMILES string of the molecule is C[C@@H](CC(=O)Cn1cnnn1)[C@H]1C(=O)N2C(C(=O)O)=C(S[C@@H]3CNC(C(=O)N4CC5C[C@H](N)CC5(N)C4)C3)[C@H](C)[C@H]12. The second-order valence-electron chi connectivity index (χ2n) is 12.5. The maximum absolute atomic E-state index is 13.4. The van der Waals surface area contributed by atoms with E-state index >= 15 is 0 Å². The highest BCUT2D eigenvalue weighted by Crippen LogP contribution is 2.53. The number of carboxylic acid groups (broad SMARTS) is 1. The van der Waals surface area contributed by atoms with E-state index in [2.05, 4.69) is 20.8 Å². The lowest BCUT2D eigenvalue weighted by Crippen LogP contribution is -2.62. The Balaban J connectivity index is 1.08. The first kappa shape index (κ1) is 28.2. The fourth-order valence-electron chi connectivity index (χ4n) is 7.77. The highest BCUT2D eigenvalue weighted by Gasteiger charge is 2.60. The maximum Gasteiger partial charge on any atom is 0.353 e. The molecule has 6 N–H and O–H groups in total. The van der Waals surface area contributed by atoms with Crippen molar-refractivity contribution in [3.8, 4) is 0 Å². The van der Waals surface area contributed by atoms with E-state index < -0.39 is 17.4 Å². The number of hydrogen-bond acceptors (Lipinski definition) is 11. The number of amides is 2. The van der Waals surface area contributed by atoms with Crippen LogP contribution >= 0.6 is 11.8 Å². The Hall–Kier alpha value is -2.88. The van der Waals surface area contributed by atoms with Crippen molar-refractivity contribution in [2.24, 2.45) is 35.1 Å². The molecule has 41 heavy (non-hydrogen) atoms. The minimum atomic E-state index is -1.13. The number of nitrogens with two attached hydrogens (primary N) is 2. The average Bonchev–Trinajstić information content (AvgIpc) is 3.69. The van der Waals surface area contributed by atoms with Gasteiger partial charge in [-0.1, -0.05) is 13.8 Å². The zero-order valence-corrected chi connectivity index (χ0v) is 24.0. The number of aliphatic carboxylic acids is 1. The molecule has 0 radical (unpaired) electrons. The van der Waals surface area contributed by atoms with Gasteiger partial charge in [0.05, 0.1) is 18.0 Å². The molecule has 4 aliphatic heterocycles. The van der Waals surface area contributed by atoms with Gasteiger partial charge in [0.25, 0.3) is 0 Å². The van der Waals surface area contributed by atoms with Crippen LogP contribution < -0.4 is 16.8 Å². The second kappa shape index (κ2) is 10.4. The molecule has 15 heteroatoms. The number of likely N-dealkylation sites (tertiary alicyclic amines) is 1. The number of nitrogens with one attached hydrogen (secondary N) is 1. The fraction of sp³-hybridized carbons (Fsp3) is 0.731.